The number of nitrogens with zero attached hydrogens (tertiary/aromatic N) is 1. The quantitative estimate of drug-likeness (QED) is 0.410. The van der Waals surface area contributed by atoms with Crippen LogP contribution in [0.1, 0.15) is 18.1 Å². The normalized spacial score (nSPS) is 15.2. The van der Waals surface area contributed by atoms with Crippen LogP contribution in [0.3, 0.4) is 0 Å². The molecule has 0 atom stereocenters. The molecule has 146 valence electrons. The number of carbonyl (C=O) groups excluding carboxylic acids is 1. The summed E-state index contributed by atoms with van der Waals surface area (Å²) in [6.07, 6.45) is 1.84. The highest BCUT2D eigenvalue weighted by Crippen LogP contribution is 2.36. The summed E-state index contributed by atoms with van der Waals surface area (Å²) < 4.78 is 6.54. The summed E-state index contributed by atoms with van der Waals surface area (Å²) in [4.78, 5) is 17.1. The number of halogens is 1. The number of hydrogen-bond donors (Lipinski definition) is 0. The van der Waals surface area contributed by atoms with Gasteiger partial charge >= 0.3 is 0 Å². The maximum absolute atomic E-state index is 12.6. The Kier molecular flexibility index (Phi) is 6.28. The molecule has 0 radical (unpaired) electrons. The van der Waals surface area contributed by atoms with Gasteiger partial charge in [-0.05, 0) is 53.2 Å². The Morgan fingerprint density at radius 1 is 1.10 bits per heavy atom. The molecular formula is C23H18ClNO2S2. The van der Waals surface area contributed by atoms with Crippen molar-refractivity contribution in [1.29, 1.82) is 0 Å². The number of hydrogen-bond acceptors (Lipinski definition) is 5. The van der Waals surface area contributed by atoms with E-state index in [0.29, 0.717) is 18.1 Å². The summed E-state index contributed by atoms with van der Waals surface area (Å²) in [6, 6.07) is 19.8. The van der Waals surface area contributed by atoms with Crippen LogP contribution in [0.2, 0.25) is 5.02 Å². The zero-order chi connectivity index (χ0) is 20.2. The SMILES string of the molecule is CCOc1ccc2ccccc2c1C=C1N=C(SCc2ccccc2Cl)SC1=O. The third-order valence-electron chi connectivity index (χ3n) is 4.42. The maximum Gasteiger partial charge on any atom is 0.244 e. The van der Waals surface area contributed by atoms with Gasteiger partial charge in [0, 0.05) is 16.3 Å². The Balaban J connectivity index is 1.65. The van der Waals surface area contributed by atoms with Crippen molar-refractivity contribution in [3.05, 3.63) is 82.5 Å². The maximum atomic E-state index is 12.6. The molecule has 3 aromatic rings. The highest BCUT2D eigenvalue weighted by molar-refractivity contribution is 8.45. The van der Waals surface area contributed by atoms with Crippen molar-refractivity contribution in [3.8, 4) is 5.75 Å². The number of fused-ring (bicyclic) bond motifs is 1. The van der Waals surface area contributed by atoms with Crippen LogP contribution in [0.15, 0.2) is 71.4 Å². The van der Waals surface area contributed by atoms with E-state index in [2.05, 4.69) is 4.99 Å². The number of rotatable bonds is 5. The third kappa shape index (κ3) is 4.53. The predicted molar refractivity (Wildman–Crippen MR) is 126 cm³/mol. The van der Waals surface area contributed by atoms with Gasteiger partial charge in [-0.3, -0.25) is 4.79 Å². The van der Waals surface area contributed by atoms with Crippen molar-refractivity contribution < 1.29 is 9.53 Å². The van der Waals surface area contributed by atoms with Gasteiger partial charge in [0.15, 0.2) is 0 Å². The van der Waals surface area contributed by atoms with Crippen molar-refractivity contribution in [2.45, 2.75) is 12.7 Å². The monoisotopic (exact) mass is 439 g/mol. The molecule has 4 rings (SSSR count). The van der Waals surface area contributed by atoms with Crippen LogP contribution < -0.4 is 4.74 Å². The second-order valence-electron chi connectivity index (χ2n) is 6.31. The first-order valence-electron chi connectivity index (χ1n) is 9.19. The Bertz CT molecular complexity index is 1140. The molecular weight excluding hydrogens is 422 g/mol. The average molecular weight is 440 g/mol. The minimum Gasteiger partial charge on any atom is -0.493 e. The fourth-order valence-corrected chi connectivity index (χ4v) is 5.18. The van der Waals surface area contributed by atoms with Crippen molar-refractivity contribution in [3.63, 3.8) is 0 Å². The summed E-state index contributed by atoms with van der Waals surface area (Å²) >= 11 is 8.91. The zero-order valence-corrected chi connectivity index (χ0v) is 18.1. The van der Waals surface area contributed by atoms with Crippen LogP contribution in [0.25, 0.3) is 16.8 Å². The molecule has 0 spiro atoms. The fourth-order valence-electron chi connectivity index (χ4n) is 3.05. The Labute approximate surface area is 183 Å². The lowest BCUT2D eigenvalue weighted by Crippen LogP contribution is -1.96. The summed E-state index contributed by atoms with van der Waals surface area (Å²) in [7, 11) is 0. The fraction of sp³-hybridized carbons (Fsp3) is 0.130. The van der Waals surface area contributed by atoms with Crippen LogP contribution in [-0.4, -0.2) is 16.1 Å². The van der Waals surface area contributed by atoms with Crippen molar-refractivity contribution in [2.75, 3.05) is 6.61 Å². The molecule has 0 saturated heterocycles. The first-order valence-corrected chi connectivity index (χ1v) is 11.4. The van der Waals surface area contributed by atoms with Gasteiger partial charge in [0.05, 0.1) is 6.61 Å². The third-order valence-corrected chi connectivity index (χ3v) is 6.85. The number of benzene rings is 3. The van der Waals surface area contributed by atoms with E-state index in [0.717, 1.165) is 48.8 Å². The minimum absolute atomic E-state index is 0.0537. The predicted octanol–water partition coefficient (Wildman–Crippen LogP) is 6.80. The Hall–Kier alpha value is -2.21. The molecule has 0 amide bonds. The van der Waals surface area contributed by atoms with Crippen molar-refractivity contribution >= 4 is 61.5 Å². The van der Waals surface area contributed by atoms with Gasteiger partial charge in [-0.15, -0.1) is 0 Å². The van der Waals surface area contributed by atoms with Crippen LogP contribution in [0, 0.1) is 0 Å². The van der Waals surface area contributed by atoms with E-state index in [1.54, 1.807) is 0 Å². The molecule has 3 aromatic carbocycles. The average Bonchev–Trinajstić information content (AvgIpc) is 3.08. The second-order valence-corrected chi connectivity index (χ2v) is 8.90. The summed E-state index contributed by atoms with van der Waals surface area (Å²) in [5.41, 5.74) is 2.35. The lowest BCUT2D eigenvalue weighted by molar-refractivity contribution is -0.107. The van der Waals surface area contributed by atoms with Crippen LogP contribution >= 0.6 is 35.1 Å². The summed E-state index contributed by atoms with van der Waals surface area (Å²) in [6.45, 7) is 2.50. The highest BCUT2D eigenvalue weighted by atomic mass is 35.5. The Morgan fingerprint density at radius 3 is 2.72 bits per heavy atom. The first-order chi connectivity index (χ1) is 14.2. The largest absolute Gasteiger partial charge is 0.493 e. The lowest BCUT2D eigenvalue weighted by atomic mass is 10.0. The second kappa shape index (κ2) is 9.08. The van der Waals surface area contributed by atoms with E-state index in [9.17, 15) is 4.79 Å². The molecule has 29 heavy (non-hydrogen) atoms. The van der Waals surface area contributed by atoms with Gasteiger partial charge in [-0.1, -0.05) is 71.9 Å². The zero-order valence-electron chi connectivity index (χ0n) is 15.7. The van der Waals surface area contributed by atoms with Crippen molar-refractivity contribution in [1.82, 2.24) is 0 Å². The molecule has 1 aliphatic heterocycles. The standard InChI is InChI=1S/C23H18ClNO2S2/c1-2-27-21-12-11-15-7-3-5-9-17(15)18(21)13-20-22(26)29-23(25-20)28-14-16-8-4-6-10-19(16)24/h3-13H,2,14H2,1H3. The number of aliphatic imine (C=N–C) groups is 1. The van der Waals surface area contributed by atoms with E-state index in [1.807, 2.05) is 73.7 Å². The van der Waals surface area contributed by atoms with E-state index in [-0.39, 0.29) is 5.12 Å². The highest BCUT2D eigenvalue weighted by Gasteiger charge is 2.23. The molecule has 0 aliphatic carbocycles. The van der Waals surface area contributed by atoms with Crippen LogP contribution in [0.4, 0.5) is 0 Å². The van der Waals surface area contributed by atoms with Crippen LogP contribution in [-0.2, 0) is 10.5 Å². The van der Waals surface area contributed by atoms with E-state index in [1.165, 1.54) is 11.8 Å². The molecule has 0 bridgehead atoms. The molecule has 0 saturated carbocycles. The molecule has 6 heteroatoms. The molecule has 1 heterocycles. The van der Waals surface area contributed by atoms with Gasteiger partial charge in [0.2, 0.25) is 5.12 Å². The van der Waals surface area contributed by atoms with E-state index < -0.39 is 0 Å². The van der Waals surface area contributed by atoms with Gasteiger partial charge in [0.25, 0.3) is 0 Å². The van der Waals surface area contributed by atoms with Crippen LogP contribution in [0.5, 0.6) is 5.75 Å². The van der Waals surface area contributed by atoms with Gasteiger partial charge in [-0.25, -0.2) is 4.99 Å². The summed E-state index contributed by atoms with van der Waals surface area (Å²) in [5.74, 6) is 1.42. The number of thioether (sulfide) groups is 2. The van der Waals surface area contributed by atoms with Gasteiger partial charge < -0.3 is 4.74 Å². The number of carbonyl (C=O) groups is 1. The molecule has 0 fully saturated rings. The number of ether oxygens (including phenoxy) is 1. The van der Waals surface area contributed by atoms with Gasteiger partial charge in [-0.2, -0.15) is 0 Å². The topological polar surface area (TPSA) is 38.7 Å². The Morgan fingerprint density at radius 2 is 1.90 bits per heavy atom. The summed E-state index contributed by atoms with van der Waals surface area (Å²) in [5, 5.41) is 2.80. The molecule has 3 nitrogen and oxygen atoms in total. The van der Waals surface area contributed by atoms with E-state index >= 15 is 0 Å². The molecule has 0 N–H and O–H groups in total. The molecule has 0 aromatic heterocycles. The van der Waals surface area contributed by atoms with Crippen molar-refractivity contribution in [2.24, 2.45) is 4.99 Å². The van der Waals surface area contributed by atoms with Gasteiger partial charge in [0.1, 0.15) is 15.8 Å². The van der Waals surface area contributed by atoms with E-state index in [4.69, 9.17) is 16.3 Å². The molecule has 1 aliphatic rings. The first kappa shape index (κ1) is 20.1. The smallest absolute Gasteiger partial charge is 0.244 e. The minimum atomic E-state index is -0.0537. The molecule has 0 unspecified atom stereocenters. The lowest BCUT2D eigenvalue weighted by Gasteiger charge is -2.10.